The van der Waals surface area contributed by atoms with Gasteiger partial charge in [0.1, 0.15) is 11.0 Å². The molecule has 1 aromatic carbocycles. The van der Waals surface area contributed by atoms with E-state index in [9.17, 15) is 0 Å². The van der Waals surface area contributed by atoms with Gasteiger partial charge in [-0.3, -0.25) is 0 Å². The Labute approximate surface area is 126 Å². The molecule has 0 spiro atoms. The fraction of sp³-hybridized carbons (Fsp3) is 0.412. The number of aryl methyl sites for hydroxylation is 4. The van der Waals surface area contributed by atoms with Gasteiger partial charge >= 0.3 is 0 Å². The predicted molar refractivity (Wildman–Crippen MR) is 85.4 cm³/mol. The Kier molecular flexibility index (Phi) is 4.44. The fourth-order valence-corrected chi connectivity index (χ4v) is 2.85. The third-order valence-electron chi connectivity index (χ3n) is 3.52. The van der Waals surface area contributed by atoms with Crippen LogP contribution in [0.2, 0.25) is 5.15 Å². The summed E-state index contributed by atoms with van der Waals surface area (Å²) in [6, 6.07) is 4.38. The van der Waals surface area contributed by atoms with Gasteiger partial charge in [-0.2, -0.15) is 0 Å². The van der Waals surface area contributed by atoms with Crippen molar-refractivity contribution in [1.82, 2.24) is 9.97 Å². The van der Waals surface area contributed by atoms with Crippen LogP contribution in [-0.2, 0) is 6.42 Å². The first-order valence-corrected chi connectivity index (χ1v) is 7.43. The van der Waals surface area contributed by atoms with Crippen molar-refractivity contribution in [2.45, 2.75) is 47.5 Å². The molecule has 20 heavy (non-hydrogen) atoms. The van der Waals surface area contributed by atoms with E-state index in [4.69, 9.17) is 16.6 Å². The molecule has 106 valence electrons. The van der Waals surface area contributed by atoms with Gasteiger partial charge in [-0.05, 0) is 45.2 Å². The smallest absolute Gasteiger partial charge is 0.136 e. The second-order valence-corrected chi connectivity index (χ2v) is 5.79. The van der Waals surface area contributed by atoms with Crippen molar-refractivity contribution in [3.05, 3.63) is 45.4 Å². The van der Waals surface area contributed by atoms with Crippen molar-refractivity contribution >= 4 is 11.6 Å². The molecule has 2 nitrogen and oxygen atoms in total. The summed E-state index contributed by atoms with van der Waals surface area (Å²) in [4.78, 5) is 9.13. The lowest BCUT2D eigenvalue weighted by Crippen LogP contribution is -2.03. The van der Waals surface area contributed by atoms with E-state index in [1.165, 1.54) is 22.3 Å². The Hall–Kier alpha value is -1.41. The van der Waals surface area contributed by atoms with Crippen LogP contribution in [0.3, 0.4) is 0 Å². The number of halogens is 1. The van der Waals surface area contributed by atoms with Crippen LogP contribution >= 0.6 is 11.6 Å². The van der Waals surface area contributed by atoms with E-state index >= 15 is 0 Å². The van der Waals surface area contributed by atoms with E-state index in [2.05, 4.69) is 44.8 Å². The maximum atomic E-state index is 6.29. The van der Waals surface area contributed by atoms with Crippen LogP contribution in [0.1, 0.15) is 41.4 Å². The maximum Gasteiger partial charge on any atom is 0.136 e. The third kappa shape index (κ3) is 2.85. The van der Waals surface area contributed by atoms with E-state index in [0.717, 1.165) is 29.9 Å². The summed E-state index contributed by atoms with van der Waals surface area (Å²) in [7, 11) is 0. The Balaban J connectivity index is 2.69. The molecule has 0 radical (unpaired) electrons. The van der Waals surface area contributed by atoms with E-state index in [1.807, 2.05) is 6.92 Å². The average molecular weight is 289 g/mol. The molecule has 0 bridgehead atoms. The van der Waals surface area contributed by atoms with Crippen LogP contribution in [-0.4, -0.2) is 9.97 Å². The summed E-state index contributed by atoms with van der Waals surface area (Å²) in [5.41, 5.74) is 6.88. The van der Waals surface area contributed by atoms with Crippen LogP contribution in [0.4, 0.5) is 0 Å². The summed E-state index contributed by atoms with van der Waals surface area (Å²) in [5.74, 6) is 0.831. The average Bonchev–Trinajstić information content (AvgIpc) is 2.34. The SMILES string of the molecule is CCCc1nc(Cl)c(C)c(-c2c(C)cc(C)cc2C)n1. The first-order valence-electron chi connectivity index (χ1n) is 7.05. The Bertz CT molecular complexity index is 625. The van der Waals surface area contributed by atoms with E-state index in [-0.39, 0.29) is 0 Å². The summed E-state index contributed by atoms with van der Waals surface area (Å²) >= 11 is 6.29. The molecule has 0 unspecified atom stereocenters. The lowest BCUT2D eigenvalue weighted by atomic mass is 9.95. The summed E-state index contributed by atoms with van der Waals surface area (Å²) < 4.78 is 0. The van der Waals surface area contributed by atoms with E-state index in [1.54, 1.807) is 0 Å². The molecule has 1 heterocycles. The molecule has 3 heteroatoms. The first kappa shape index (κ1) is 15.0. The Morgan fingerprint density at radius 2 is 1.60 bits per heavy atom. The molecule has 0 aliphatic carbocycles. The highest BCUT2D eigenvalue weighted by Crippen LogP contribution is 2.31. The molecule has 2 aromatic rings. The number of hydrogen-bond donors (Lipinski definition) is 0. The predicted octanol–water partition coefficient (Wildman–Crippen LogP) is 4.98. The van der Waals surface area contributed by atoms with Crippen molar-refractivity contribution in [2.75, 3.05) is 0 Å². The van der Waals surface area contributed by atoms with Crippen LogP contribution < -0.4 is 0 Å². The van der Waals surface area contributed by atoms with Crippen molar-refractivity contribution in [3.63, 3.8) is 0 Å². The molecule has 0 saturated carbocycles. The van der Waals surface area contributed by atoms with Gasteiger partial charge in [0, 0.05) is 17.5 Å². The minimum atomic E-state index is 0.567. The van der Waals surface area contributed by atoms with E-state index < -0.39 is 0 Å². The second kappa shape index (κ2) is 5.92. The highest BCUT2D eigenvalue weighted by Gasteiger charge is 2.15. The third-order valence-corrected chi connectivity index (χ3v) is 3.89. The van der Waals surface area contributed by atoms with Crippen LogP contribution in [0.15, 0.2) is 12.1 Å². The highest BCUT2D eigenvalue weighted by molar-refractivity contribution is 6.30. The number of aromatic nitrogens is 2. The molecule has 0 atom stereocenters. The molecular weight excluding hydrogens is 268 g/mol. The number of benzene rings is 1. The van der Waals surface area contributed by atoms with E-state index in [0.29, 0.717) is 5.15 Å². The monoisotopic (exact) mass is 288 g/mol. The molecule has 0 aliphatic rings. The molecule has 0 amide bonds. The van der Waals surface area contributed by atoms with Gasteiger partial charge in [-0.25, -0.2) is 9.97 Å². The molecule has 0 saturated heterocycles. The first-order chi connectivity index (χ1) is 9.43. The van der Waals surface area contributed by atoms with Gasteiger partial charge in [-0.1, -0.05) is 36.2 Å². The van der Waals surface area contributed by atoms with Gasteiger partial charge in [0.15, 0.2) is 0 Å². The summed E-state index contributed by atoms with van der Waals surface area (Å²) in [6.45, 7) is 10.5. The Morgan fingerprint density at radius 1 is 1.00 bits per heavy atom. The zero-order chi connectivity index (χ0) is 14.9. The molecule has 0 fully saturated rings. The van der Waals surface area contributed by atoms with Crippen LogP contribution in [0, 0.1) is 27.7 Å². The zero-order valence-corrected chi connectivity index (χ0v) is 13.6. The number of rotatable bonds is 3. The van der Waals surface area contributed by atoms with Gasteiger partial charge in [0.05, 0.1) is 5.69 Å². The minimum absolute atomic E-state index is 0.567. The van der Waals surface area contributed by atoms with Crippen molar-refractivity contribution in [3.8, 4) is 11.3 Å². The quantitative estimate of drug-likeness (QED) is 0.744. The minimum Gasteiger partial charge on any atom is -0.233 e. The second-order valence-electron chi connectivity index (χ2n) is 5.43. The topological polar surface area (TPSA) is 25.8 Å². The van der Waals surface area contributed by atoms with Crippen LogP contribution in [0.5, 0.6) is 0 Å². The highest BCUT2D eigenvalue weighted by atomic mass is 35.5. The normalized spacial score (nSPS) is 10.9. The molecule has 0 aliphatic heterocycles. The standard InChI is InChI=1S/C17H21ClN2/c1-6-7-14-19-16(13(5)17(18)20-14)15-11(3)8-10(2)9-12(15)4/h8-9H,6-7H2,1-5H3. The molecule has 2 rings (SSSR count). The van der Waals surface area contributed by atoms with Gasteiger partial charge in [0.2, 0.25) is 0 Å². The number of nitrogens with zero attached hydrogens (tertiary/aromatic N) is 2. The van der Waals surface area contributed by atoms with Crippen LogP contribution in [0.25, 0.3) is 11.3 Å². The zero-order valence-electron chi connectivity index (χ0n) is 12.8. The largest absolute Gasteiger partial charge is 0.233 e. The van der Waals surface area contributed by atoms with Gasteiger partial charge in [0.25, 0.3) is 0 Å². The van der Waals surface area contributed by atoms with Crippen molar-refractivity contribution in [1.29, 1.82) is 0 Å². The van der Waals surface area contributed by atoms with Gasteiger partial charge in [-0.15, -0.1) is 0 Å². The molecule has 0 N–H and O–H groups in total. The van der Waals surface area contributed by atoms with Crippen molar-refractivity contribution in [2.24, 2.45) is 0 Å². The molecular formula is C17H21ClN2. The fourth-order valence-electron chi connectivity index (χ4n) is 2.67. The van der Waals surface area contributed by atoms with Gasteiger partial charge < -0.3 is 0 Å². The van der Waals surface area contributed by atoms with Crippen molar-refractivity contribution < 1.29 is 0 Å². The lowest BCUT2D eigenvalue weighted by molar-refractivity contribution is 0.832. The summed E-state index contributed by atoms with van der Waals surface area (Å²) in [5, 5.41) is 0.567. The Morgan fingerprint density at radius 3 is 2.15 bits per heavy atom. The maximum absolute atomic E-state index is 6.29. The molecule has 1 aromatic heterocycles. The number of hydrogen-bond acceptors (Lipinski definition) is 2. The lowest BCUT2D eigenvalue weighted by Gasteiger charge is -2.15. The summed E-state index contributed by atoms with van der Waals surface area (Å²) in [6.07, 6.45) is 1.88.